The van der Waals surface area contributed by atoms with Crippen LogP contribution >= 0.6 is 11.8 Å². The Labute approximate surface area is 139 Å². The second-order valence-electron chi connectivity index (χ2n) is 8.29. The maximum absolute atomic E-state index is 6.42. The molecule has 4 heteroatoms. The van der Waals surface area contributed by atoms with Crippen LogP contribution < -0.4 is 0 Å². The van der Waals surface area contributed by atoms with E-state index < -0.39 is 0 Å². The van der Waals surface area contributed by atoms with Crippen molar-refractivity contribution in [2.75, 3.05) is 18.6 Å². The lowest BCUT2D eigenvalue weighted by molar-refractivity contribution is -0.0840. The van der Waals surface area contributed by atoms with Gasteiger partial charge in [0.25, 0.3) is 0 Å². The van der Waals surface area contributed by atoms with Crippen molar-refractivity contribution in [2.24, 2.45) is 5.92 Å². The first-order chi connectivity index (χ1) is 10.3. The summed E-state index contributed by atoms with van der Waals surface area (Å²) in [6.07, 6.45) is 8.84. The molecule has 0 N–H and O–H groups in total. The van der Waals surface area contributed by atoms with Gasteiger partial charge in [0, 0.05) is 5.75 Å². The quantitative estimate of drug-likeness (QED) is 0.497. The van der Waals surface area contributed by atoms with Crippen LogP contribution in [0.25, 0.3) is 0 Å². The first kappa shape index (κ1) is 17.1. The molecular weight excluding hydrogens is 296 g/mol. The van der Waals surface area contributed by atoms with Gasteiger partial charge in [-0.05, 0) is 72.0 Å². The zero-order valence-electron chi connectivity index (χ0n) is 14.8. The van der Waals surface area contributed by atoms with Crippen molar-refractivity contribution in [1.29, 1.82) is 0 Å². The molecule has 0 radical (unpaired) electrons. The summed E-state index contributed by atoms with van der Waals surface area (Å²) in [4.78, 5) is 0. The predicted octanol–water partition coefficient (Wildman–Crippen LogP) is 4.04. The van der Waals surface area contributed by atoms with Gasteiger partial charge in [0.05, 0.1) is 35.6 Å². The van der Waals surface area contributed by atoms with Crippen LogP contribution in [-0.4, -0.2) is 47.6 Å². The van der Waals surface area contributed by atoms with E-state index >= 15 is 0 Å². The largest absolute Gasteiger partial charge is 0.374 e. The average molecular weight is 329 g/mol. The topological polar surface area (TPSA) is 34.3 Å². The van der Waals surface area contributed by atoms with E-state index in [9.17, 15) is 0 Å². The van der Waals surface area contributed by atoms with Crippen LogP contribution in [-0.2, 0) is 14.2 Å². The Morgan fingerprint density at radius 2 is 2.00 bits per heavy atom. The van der Waals surface area contributed by atoms with Gasteiger partial charge in [0.2, 0.25) is 0 Å². The van der Waals surface area contributed by atoms with Gasteiger partial charge in [-0.2, -0.15) is 11.8 Å². The highest BCUT2D eigenvalue weighted by molar-refractivity contribution is 7.98. The van der Waals surface area contributed by atoms with E-state index in [1.165, 1.54) is 19.3 Å². The first-order valence-corrected chi connectivity index (χ1v) is 10.2. The third-order valence-corrected chi connectivity index (χ3v) is 6.75. The highest BCUT2D eigenvalue weighted by Gasteiger charge is 2.58. The number of thioether (sulfide) groups is 1. The van der Waals surface area contributed by atoms with Crippen LogP contribution in [0, 0.1) is 5.92 Å². The van der Waals surface area contributed by atoms with Crippen molar-refractivity contribution >= 4 is 11.8 Å². The Hall–Kier alpha value is 0.230. The predicted molar refractivity (Wildman–Crippen MR) is 91.5 cm³/mol. The summed E-state index contributed by atoms with van der Waals surface area (Å²) in [6.45, 7) is 9.83. The molecule has 3 rings (SSSR count). The van der Waals surface area contributed by atoms with Crippen molar-refractivity contribution in [3.8, 4) is 0 Å². The van der Waals surface area contributed by atoms with Gasteiger partial charge >= 0.3 is 0 Å². The number of ether oxygens (including phenoxy) is 3. The summed E-state index contributed by atoms with van der Waals surface area (Å²) in [7, 11) is 0. The Bertz CT molecular complexity index is 413. The maximum atomic E-state index is 6.42. The molecule has 22 heavy (non-hydrogen) atoms. The Morgan fingerprint density at radius 1 is 1.27 bits per heavy atom. The molecule has 3 aliphatic rings. The molecule has 2 aliphatic heterocycles. The zero-order chi connectivity index (χ0) is 16.0. The lowest BCUT2D eigenvalue weighted by atomic mass is 9.72. The zero-order valence-corrected chi connectivity index (χ0v) is 15.6. The second kappa shape index (κ2) is 5.94. The summed E-state index contributed by atoms with van der Waals surface area (Å²) in [6, 6.07) is 0. The molecule has 0 aromatic rings. The van der Waals surface area contributed by atoms with E-state index in [0.29, 0.717) is 18.1 Å². The van der Waals surface area contributed by atoms with Crippen LogP contribution in [0.4, 0.5) is 0 Å². The molecule has 128 valence electrons. The summed E-state index contributed by atoms with van der Waals surface area (Å²) < 4.78 is 18.1. The van der Waals surface area contributed by atoms with E-state index in [4.69, 9.17) is 14.2 Å². The highest BCUT2D eigenvalue weighted by Crippen LogP contribution is 2.53. The molecule has 3 nitrogen and oxygen atoms in total. The molecule has 5 unspecified atom stereocenters. The minimum absolute atomic E-state index is 0.0228. The molecular formula is C18H32O3S. The van der Waals surface area contributed by atoms with Gasteiger partial charge in [-0.1, -0.05) is 0 Å². The maximum Gasteiger partial charge on any atom is 0.0920 e. The number of hydrogen-bond donors (Lipinski definition) is 0. The molecule has 1 aliphatic carbocycles. The van der Waals surface area contributed by atoms with Crippen molar-refractivity contribution in [2.45, 2.75) is 88.8 Å². The number of rotatable bonds is 8. The number of fused-ring (bicyclic) bond motifs is 1. The molecule has 3 fully saturated rings. The second-order valence-corrected chi connectivity index (χ2v) is 9.28. The fourth-order valence-electron chi connectivity index (χ4n) is 4.11. The Balaban J connectivity index is 1.58. The molecule has 0 aromatic heterocycles. The molecule has 0 amide bonds. The normalized spacial score (nSPS) is 41.6. The smallest absolute Gasteiger partial charge is 0.0920 e. The lowest BCUT2D eigenvalue weighted by Crippen LogP contribution is -2.42. The van der Waals surface area contributed by atoms with Gasteiger partial charge < -0.3 is 14.2 Å². The van der Waals surface area contributed by atoms with Crippen molar-refractivity contribution in [3.63, 3.8) is 0 Å². The van der Waals surface area contributed by atoms with Gasteiger partial charge in [0.15, 0.2) is 0 Å². The summed E-state index contributed by atoms with van der Waals surface area (Å²) >= 11 is 1.86. The fourth-order valence-corrected chi connectivity index (χ4v) is 4.36. The van der Waals surface area contributed by atoms with Gasteiger partial charge in [0.1, 0.15) is 0 Å². The lowest BCUT2D eigenvalue weighted by Gasteiger charge is -2.40. The average Bonchev–Trinajstić information content (AvgIpc) is 3.30. The molecule has 1 saturated carbocycles. The third-order valence-electron chi connectivity index (χ3n) is 6.17. The van der Waals surface area contributed by atoms with E-state index in [2.05, 4.69) is 34.0 Å². The Morgan fingerprint density at radius 3 is 2.59 bits per heavy atom. The third kappa shape index (κ3) is 3.50. The minimum atomic E-state index is -0.0228. The van der Waals surface area contributed by atoms with Gasteiger partial charge in [-0.15, -0.1) is 0 Å². The molecule has 5 atom stereocenters. The number of epoxide rings is 2. The number of hydrogen-bond acceptors (Lipinski definition) is 4. The van der Waals surface area contributed by atoms with Crippen LogP contribution in [0.15, 0.2) is 0 Å². The molecule has 0 spiro atoms. The standard InChI is InChI=1S/C18H32O3S/c1-16(2)14(20-16)7-9-17(3,19-10-11-22-5)13-6-8-18(4)15(12-13)21-18/h13-15H,6-12H2,1-5H3. The van der Waals surface area contributed by atoms with Crippen LogP contribution in [0.2, 0.25) is 0 Å². The monoisotopic (exact) mass is 328 g/mol. The van der Waals surface area contributed by atoms with Gasteiger partial charge in [-0.25, -0.2) is 0 Å². The van der Waals surface area contributed by atoms with E-state index in [0.717, 1.165) is 25.2 Å². The van der Waals surface area contributed by atoms with Crippen molar-refractivity contribution in [1.82, 2.24) is 0 Å². The summed E-state index contributed by atoms with van der Waals surface area (Å²) in [5.74, 6) is 1.70. The molecule has 0 bridgehead atoms. The summed E-state index contributed by atoms with van der Waals surface area (Å²) in [5, 5.41) is 0. The van der Waals surface area contributed by atoms with Crippen LogP contribution in [0.1, 0.15) is 59.8 Å². The Kier molecular flexibility index (Phi) is 4.61. The van der Waals surface area contributed by atoms with E-state index in [1.54, 1.807) is 0 Å². The summed E-state index contributed by atoms with van der Waals surface area (Å²) in [5.41, 5.74) is 0.258. The van der Waals surface area contributed by atoms with E-state index in [-0.39, 0.29) is 16.8 Å². The molecule has 2 saturated heterocycles. The van der Waals surface area contributed by atoms with Gasteiger partial charge in [-0.3, -0.25) is 0 Å². The van der Waals surface area contributed by atoms with Crippen LogP contribution in [0.3, 0.4) is 0 Å². The van der Waals surface area contributed by atoms with Crippen molar-refractivity contribution in [3.05, 3.63) is 0 Å². The molecule has 0 aromatic carbocycles. The fraction of sp³-hybridized carbons (Fsp3) is 1.00. The first-order valence-electron chi connectivity index (χ1n) is 8.78. The van der Waals surface area contributed by atoms with Crippen molar-refractivity contribution < 1.29 is 14.2 Å². The minimum Gasteiger partial charge on any atom is -0.374 e. The SMILES string of the molecule is CSCCOC(C)(CCC1OC1(C)C)C1CCC2(C)OC2C1. The van der Waals surface area contributed by atoms with E-state index in [1.807, 2.05) is 11.8 Å². The highest BCUT2D eigenvalue weighted by atomic mass is 32.2. The molecule has 2 heterocycles. The van der Waals surface area contributed by atoms with Crippen LogP contribution in [0.5, 0.6) is 0 Å².